The Hall–Kier alpha value is -1.35. The van der Waals surface area contributed by atoms with Crippen molar-refractivity contribution in [3.63, 3.8) is 0 Å². The van der Waals surface area contributed by atoms with Crippen molar-refractivity contribution in [2.75, 3.05) is 6.54 Å². The second-order valence-electron chi connectivity index (χ2n) is 4.66. The van der Waals surface area contributed by atoms with E-state index in [0.29, 0.717) is 6.04 Å². The number of hydrogen-bond acceptors (Lipinski definition) is 2. The highest BCUT2D eigenvalue weighted by Gasteiger charge is 2.13. The van der Waals surface area contributed by atoms with Gasteiger partial charge >= 0.3 is 5.97 Å². The molecule has 0 saturated heterocycles. The molecule has 0 amide bonds. The van der Waals surface area contributed by atoms with Crippen molar-refractivity contribution in [1.29, 1.82) is 0 Å². The van der Waals surface area contributed by atoms with Gasteiger partial charge in [-0.05, 0) is 31.0 Å². The lowest BCUT2D eigenvalue weighted by molar-refractivity contribution is -0.136. The fourth-order valence-electron chi connectivity index (χ4n) is 2.10. The molecule has 3 nitrogen and oxygen atoms in total. The van der Waals surface area contributed by atoms with Gasteiger partial charge in [0.1, 0.15) is 0 Å². The molecule has 0 fully saturated rings. The number of rotatable bonds is 7. The quantitative estimate of drug-likeness (QED) is 0.807. The largest absolute Gasteiger partial charge is 0.481 e. The molecular weight excluding hydrogens is 226 g/mol. The second-order valence-corrected chi connectivity index (χ2v) is 4.66. The summed E-state index contributed by atoms with van der Waals surface area (Å²) in [6.45, 7) is 8.34. The molecule has 1 atom stereocenters. The van der Waals surface area contributed by atoms with Crippen LogP contribution in [0.4, 0.5) is 0 Å². The summed E-state index contributed by atoms with van der Waals surface area (Å²) in [5.74, 6) is -0.769. The summed E-state index contributed by atoms with van der Waals surface area (Å²) < 4.78 is 0. The van der Waals surface area contributed by atoms with E-state index in [1.807, 2.05) is 24.3 Å². The third kappa shape index (κ3) is 4.15. The van der Waals surface area contributed by atoms with Crippen LogP contribution in [0.3, 0.4) is 0 Å². The molecule has 3 heteroatoms. The van der Waals surface area contributed by atoms with Crippen molar-refractivity contribution < 1.29 is 9.90 Å². The lowest BCUT2D eigenvalue weighted by atomic mass is 10.0. The van der Waals surface area contributed by atoms with E-state index in [-0.39, 0.29) is 6.42 Å². The highest BCUT2D eigenvalue weighted by atomic mass is 16.4. The fraction of sp³-hybridized carbons (Fsp3) is 0.533. The minimum Gasteiger partial charge on any atom is -0.481 e. The van der Waals surface area contributed by atoms with Crippen LogP contribution < -0.4 is 0 Å². The molecule has 18 heavy (non-hydrogen) atoms. The number of carbonyl (C=O) groups is 1. The third-order valence-corrected chi connectivity index (χ3v) is 3.45. The van der Waals surface area contributed by atoms with Gasteiger partial charge in [0.05, 0.1) is 6.42 Å². The molecule has 1 unspecified atom stereocenters. The van der Waals surface area contributed by atoms with Crippen molar-refractivity contribution in [3.8, 4) is 0 Å². The number of hydrogen-bond donors (Lipinski definition) is 1. The number of carboxylic acid groups (broad SMARTS) is 1. The summed E-state index contributed by atoms with van der Waals surface area (Å²) in [6, 6.07) is 8.34. The Morgan fingerprint density at radius 3 is 2.39 bits per heavy atom. The molecule has 0 bridgehead atoms. The number of nitrogens with zero attached hydrogens (tertiary/aromatic N) is 1. The second kappa shape index (κ2) is 7.17. The average Bonchev–Trinajstić information content (AvgIpc) is 2.36. The van der Waals surface area contributed by atoms with Gasteiger partial charge in [0.15, 0.2) is 0 Å². The smallest absolute Gasteiger partial charge is 0.307 e. The van der Waals surface area contributed by atoms with Crippen LogP contribution in [0, 0.1) is 0 Å². The van der Waals surface area contributed by atoms with E-state index in [0.717, 1.165) is 30.6 Å². The van der Waals surface area contributed by atoms with Crippen LogP contribution in [-0.2, 0) is 17.8 Å². The van der Waals surface area contributed by atoms with Crippen molar-refractivity contribution in [2.24, 2.45) is 0 Å². The third-order valence-electron chi connectivity index (χ3n) is 3.45. The number of benzene rings is 1. The Bertz CT molecular complexity index is 390. The molecule has 0 saturated carbocycles. The first kappa shape index (κ1) is 14.7. The Balaban J connectivity index is 2.85. The standard InChI is InChI=1S/C15H23NO2/c1-4-12(3)16(5-2)11-14-9-7-6-8-13(14)10-15(17)18/h6-9,12H,4-5,10-11H2,1-3H3,(H,17,18). The molecular formula is C15H23NO2. The summed E-state index contributed by atoms with van der Waals surface area (Å²) in [6.07, 6.45) is 1.21. The van der Waals surface area contributed by atoms with Gasteiger partial charge in [-0.2, -0.15) is 0 Å². The van der Waals surface area contributed by atoms with Crippen LogP contribution in [0.2, 0.25) is 0 Å². The van der Waals surface area contributed by atoms with E-state index in [1.165, 1.54) is 0 Å². The highest BCUT2D eigenvalue weighted by Crippen LogP contribution is 2.15. The molecule has 0 radical (unpaired) electrons. The van der Waals surface area contributed by atoms with Crippen LogP contribution in [0.15, 0.2) is 24.3 Å². The molecule has 0 aliphatic rings. The van der Waals surface area contributed by atoms with Crippen LogP contribution in [0.5, 0.6) is 0 Å². The van der Waals surface area contributed by atoms with Gasteiger partial charge in [-0.15, -0.1) is 0 Å². The van der Waals surface area contributed by atoms with Crippen LogP contribution in [0.1, 0.15) is 38.3 Å². The minimum absolute atomic E-state index is 0.105. The topological polar surface area (TPSA) is 40.5 Å². The predicted octanol–water partition coefficient (Wildman–Crippen LogP) is 2.93. The predicted molar refractivity (Wildman–Crippen MR) is 73.6 cm³/mol. The molecule has 0 heterocycles. The zero-order chi connectivity index (χ0) is 13.5. The normalized spacial score (nSPS) is 12.7. The molecule has 0 spiro atoms. The van der Waals surface area contributed by atoms with Crippen molar-refractivity contribution in [3.05, 3.63) is 35.4 Å². The highest BCUT2D eigenvalue weighted by molar-refractivity contribution is 5.70. The zero-order valence-corrected chi connectivity index (χ0v) is 11.5. The van der Waals surface area contributed by atoms with E-state index in [1.54, 1.807) is 0 Å². The SMILES string of the molecule is CCC(C)N(CC)Cc1ccccc1CC(=O)O. The average molecular weight is 249 g/mol. The van der Waals surface area contributed by atoms with Gasteiger partial charge in [0.25, 0.3) is 0 Å². The summed E-state index contributed by atoms with van der Waals surface area (Å²) in [5.41, 5.74) is 2.05. The molecule has 0 aromatic heterocycles. The van der Waals surface area contributed by atoms with E-state index < -0.39 is 5.97 Å². The minimum atomic E-state index is -0.769. The van der Waals surface area contributed by atoms with Crippen LogP contribution in [0.25, 0.3) is 0 Å². The van der Waals surface area contributed by atoms with Gasteiger partial charge < -0.3 is 5.11 Å². The molecule has 100 valence electrons. The summed E-state index contributed by atoms with van der Waals surface area (Å²) in [7, 11) is 0. The first-order valence-electron chi connectivity index (χ1n) is 6.61. The van der Waals surface area contributed by atoms with Gasteiger partial charge in [-0.3, -0.25) is 9.69 Å². The lowest BCUT2D eigenvalue weighted by Crippen LogP contribution is -2.32. The van der Waals surface area contributed by atoms with Crippen molar-refractivity contribution >= 4 is 5.97 Å². The maximum absolute atomic E-state index is 10.9. The van der Waals surface area contributed by atoms with Crippen LogP contribution in [-0.4, -0.2) is 28.6 Å². The molecule has 1 aromatic carbocycles. The molecule has 1 aromatic rings. The van der Waals surface area contributed by atoms with Crippen molar-refractivity contribution in [1.82, 2.24) is 4.90 Å². The first-order chi connectivity index (χ1) is 8.58. The number of aliphatic carboxylic acids is 1. The summed E-state index contributed by atoms with van der Waals surface area (Å²) >= 11 is 0. The Morgan fingerprint density at radius 2 is 1.89 bits per heavy atom. The first-order valence-corrected chi connectivity index (χ1v) is 6.61. The number of carboxylic acids is 1. The van der Waals surface area contributed by atoms with Crippen molar-refractivity contribution in [2.45, 2.75) is 46.2 Å². The van der Waals surface area contributed by atoms with E-state index in [9.17, 15) is 4.79 Å². The zero-order valence-electron chi connectivity index (χ0n) is 11.5. The van der Waals surface area contributed by atoms with Gasteiger partial charge in [0.2, 0.25) is 0 Å². The Morgan fingerprint density at radius 1 is 1.28 bits per heavy atom. The van der Waals surface area contributed by atoms with E-state index in [2.05, 4.69) is 25.7 Å². The summed E-state index contributed by atoms with van der Waals surface area (Å²) in [4.78, 5) is 13.2. The molecule has 0 aliphatic heterocycles. The van der Waals surface area contributed by atoms with Gasteiger partial charge in [0, 0.05) is 12.6 Å². The molecule has 1 N–H and O–H groups in total. The Labute approximate surface area is 109 Å². The molecule has 0 aliphatic carbocycles. The van der Waals surface area contributed by atoms with Gasteiger partial charge in [-0.1, -0.05) is 38.1 Å². The van der Waals surface area contributed by atoms with E-state index >= 15 is 0 Å². The van der Waals surface area contributed by atoms with E-state index in [4.69, 9.17) is 5.11 Å². The monoisotopic (exact) mass is 249 g/mol. The Kier molecular flexibility index (Phi) is 5.86. The fourth-order valence-corrected chi connectivity index (χ4v) is 2.10. The lowest BCUT2D eigenvalue weighted by Gasteiger charge is -2.27. The van der Waals surface area contributed by atoms with Crippen LogP contribution >= 0.6 is 0 Å². The maximum atomic E-state index is 10.9. The molecule has 1 rings (SSSR count). The maximum Gasteiger partial charge on any atom is 0.307 e. The van der Waals surface area contributed by atoms with Gasteiger partial charge in [-0.25, -0.2) is 0 Å². The summed E-state index contributed by atoms with van der Waals surface area (Å²) in [5, 5.41) is 8.92.